The summed E-state index contributed by atoms with van der Waals surface area (Å²) in [6.07, 6.45) is -0.117. The van der Waals surface area contributed by atoms with E-state index in [0.717, 1.165) is 22.3 Å². The Labute approximate surface area is 174 Å². The number of benzene rings is 2. The van der Waals surface area contributed by atoms with Gasteiger partial charge in [-0.1, -0.05) is 11.7 Å². The molecule has 3 aliphatic heterocycles. The Morgan fingerprint density at radius 3 is 2.70 bits per heavy atom. The quantitative estimate of drug-likeness (QED) is 0.777. The predicted molar refractivity (Wildman–Crippen MR) is 110 cm³/mol. The van der Waals surface area contributed by atoms with Gasteiger partial charge in [0.05, 0.1) is 26.7 Å². The number of methoxy groups -OCH3 is 2. The Bertz CT molecular complexity index is 1080. The van der Waals surface area contributed by atoms with Crippen LogP contribution in [0, 0.1) is 0 Å². The molecule has 2 unspecified atom stereocenters. The van der Waals surface area contributed by atoms with Gasteiger partial charge in [-0.05, 0) is 47.9 Å². The van der Waals surface area contributed by atoms with E-state index >= 15 is 0 Å². The van der Waals surface area contributed by atoms with Crippen LogP contribution in [0.1, 0.15) is 35.1 Å². The molecule has 0 amide bonds. The normalized spacial score (nSPS) is 23.4. The number of fused-ring (bicyclic) bond motifs is 4. The maximum Gasteiger partial charge on any atom is 0.239 e. The molecule has 0 bridgehead atoms. The van der Waals surface area contributed by atoms with E-state index in [0.29, 0.717) is 41.6 Å². The van der Waals surface area contributed by atoms with E-state index in [9.17, 15) is 5.11 Å². The zero-order valence-corrected chi connectivity index (χ0v) is 17.1. The first kappa shape index (κ1) is 18.8. The molecule has 0 fully saturated rings. The fourth-order valence-electron chi connectivity index (χ4n) is 4.30. The topological polar surface area (TPSA) is 78.7 Å². The van der Waals surface area contributed by atoms with Gasteiger partial charge in [0.25, 0.3) is 0 Å². The van der Waals surface area contributed by atoms with Gasteiger partial charge in [0.1, 0.15) is 23.3 Å². The van der Waals surface area contributed by atoms with Crippen LogP contribution >= 0.6 is 0 Å². The Balaban J connectivity index is 1.57. The Morgan fingerprint density at radius 2 is 1.97 bits per heavy atom. The van der Waals surface area contributed by atoms with Crippen LogP contribution in [0.5, 0.6) is 23.0 Å². The van der Waals surface area contributed by atoms with Gasteiger partial charge in [0, 0.05) is 17.5 Å². The minimum absolute atomic E-state index is 0.133. The summed E-state index contributed by atoms with van der Waals surface area (Å²) in [7, 11) is 3.21. The van der Waals surface area contributed by atoms with E-state index < -0.39 is 6.29 Å². The van der Waals surface area contributed by atoms with Crippen LogP contribution in [0.3, 0.4) is 0 Å². The second-order valence-corrected chi connectivity index (χ2v) is 7.74. The molecular weight excluding hydrogens is 386 g/mol. The van der Waals surface area contributed by atoms with Crippen molar-refractivity contribution in [2.75, 3.05) is 14.2 Å². The van der Waals surface area contributed by atoms with Crippen molar-refractivity contribution in [3.8, 4) is 23.0 Å². The maximum absolute atomic E-state index is 11.1. The Hall–Kier alpha value is -3.19. The van der Waals surface area contributed by atoms with E-state index in [1.807, 2.05) is 31.2 Å². The van der Waals surface area contributed by atoms with Gasteiger partial charge in [0.15, 0.2) is 11.5 Å². The van der Waals surface area contributed by atoms with Crippen molar-refractivity contribution >= 4 is 5.71 Å². The summed E-state index contributed by atoms with van der Waals surface area (Å²) in [6.45, 7) is 6.27. The van der Waals surface area contributed by atoms with Crippen molar-refractivity contribution in [1.82, 2.24) is 0 Å². The van der Waals surface area contributed by atoms with Crippen LogP contribution in [0.25, 0.3) is 0 Å². The number of phenolic OH excluding ortho intramolecular Hbond substituents is 1. The number of aromatic hydroxyl groups is 1. The van der Waals surface area contributed by atoms with Gasteiger partial charge in [-0.15, -0.1) is 0 Å². The number of rotatable bonds is 4. The average Bonchev–Trinajstić information content (AvgIpc) is 3.38. The molecule has 3 heterocycles. The lowest BCUT2D eigenvalue weighted by Gasteiger charge is -2.28. The van der Waals surface area contributed by atoms with Crippen LogP contribution in [0.2, 0.25) is 0 Å². The monoisotopic (exact) mass is 409 g/mol. The smallest absolute Gasteiger partial charge is 0.239 e. The summed E-state index contributed by atoms with van der Waals surface area (Å²) in [5, 5.41) is 15.3. The van der Waals surface area contributed by atoms with Gasteiger partial charge in [-0.3, -0.25) is 0 Å². The maximum atomic E-state index is 11.1. The molecule has 0 aliphatic carbocycles. The summed E-state index contributed by atoms with van der Waals surface area (Å²) in [5.41, 5.74) is 4.86. The van der Waals surface area contributed by atoms with Crippen molar-refractivity contribution in [3.63, 3.8) is 0 Å². The molecule has 30 heavy (non-hydrogen) atoms. The Kier molecular flexibility index (Phi) is 4.36. The molecule has 0 aromatic heterocycles. The summed E-state index contributed by atoms with van der Waals surface area (Å²) in [6, 6.07) is 7.52. The molecule has 2 aromatic rings. The third kappa shape index (κ3) is 2.73. The highest BCUT2D eigenvalue weighted by molar-refractivity contribution is 6.08. The molecule has 3 atom stereocenters. The van der Waals surface area contributed by atoms with E-state index in [1.54, 1.807) is 14.2 Å². The van der Waals surface area contributed by atoms with Crippen LogP contribution in [0.15, 0.2) is 41.6 Å². The van der Waals surface area contributed by atoms with E-state index in [1.165, 1.54) is 0 Å². The molecule has 156 valence electrons. The second kappa shape index (κ2) is 6.95. The first-order valence-electron chi connectivity index (χ1n) is 9.79. The minimum atomic E-state index is -0.558. The number of oxime groups is 1. The van der Waals surface area contributed by atoms with E-state index in [2.05, 4.69) is 11.7 Å². The van der Waals surface area contributed by atoms with Crippen molar-refractivity contribution in [2.45, 2.75) is 38.3 Å². The summed E-state index contributed by atoms with van der Waals surface area (Å²) >= 11 is 0. The fourth-order valence-corrected chi connectivity index (χ4v) is 4.30. The van der Waals surface area contributed by atoms with Crippen molar-refractivity contribution < 1.29 is 28.9 Å². The lowest BCUT2D eigenvalue weighted by atomic mass is 9.84. The van der Waals surface area contributed by atoms with E-state index in [-0.39, 0.29) is 17.8 Å². The highest BCUT2D eigenvalue weighted by atomic mass is 16.8. The molecule has 7 nitrogen and oxygen atoms in total. The third-order valence-electron chi connectivity index (χ3n) is 5.93. The first-order valence-corrected chi connectivity index (χ1v) is 9.79. The first-order chi connectivity index (χ1) is 14.5. The number of nitrogens with zero attached hydrogens (tertiary/aromatic N) is 1. The van der Waals surface area contributed by atoms with Gasteiger partial charge in [0.2, 0.25) is 6.29 Å². The molecule has 3 aliphatic rings. The van der Waals surface area contributed by atoms with Gasteiger partial charge in [-0.2, -0.15) is 0 Å². The largest absolute Gasteiger partial charge is 0.507 e. The molecular formula is C23H23NO6. The second-order valence-electron chi connectivity index (χ2n) is 7.74. The molecule has 7 heteroatoms. The molecule has 5 rings (SSSR count). The third-order valence-corrected chi connectivity index (χ3v) is 5.93. The molecule has 0 radical (unpaired) electrons. The highest BCUT2D eigenvalue weighted by Gasteiger charge is 2.43. The number of hydrogen-bond acceptors (Lipinski definition) is 7. The van der Waals surface area contributed by atoms with Crippen LogP contribution in [-0.2, 0) is 22.6 Å². The molecule has 1 N–H and O–H groups in total. The molecule has 0 spiro atoms. The zero-order chi connectivity index (χ0) is 21.0. The standard InChI is InChI=1S/C23H23NO6/c1-11(2)17-9-15-16(29-17)6-5-13(22(15)25)21-20-14-8-19(27-4)18(26-3)7-12(14)10-28-23(20)30-24-21/h5-8,17,20,23,25H,1,9-10H2,2-4H3/t17-,20?,23?/m1/s1. The van der Waals surface area contributed by atoms with Gasteiger partial charge in [-0.25, -0.2) is 0 Å². The summed E-state index contributed by atoms with van der Waals surface area (Å²) < 4.78 is 22.7. The van der Waals surface area contributed by atoms with Gasteiger partial charge >= 0.3 is 0 Å². The van der Waals surface area contributed by atoms with Crippen molar-refractivity contribution in [3.05, 3.63) is 58.7 Å². The lowest BCUT2D eigenvalue weighted by Crippen LogP contribution is -2.30. The van der Waals surface area contributed by atoms with Crippen LogP contribution < -0.4 is 14.2 Å². The van der Waals surface area contributed by atoms with Crippen molar-refractivity contribution in [1.29, 1.82) is 0 Å². The highest BCUT2D eigenvalue weighted by Crippen LogP contribution is 2.46. The van der Waals surface area contributed by atoms with E-state index in [4.69, 9.17) is 23.8 Å². The number of phenols is 1. The lowest BCUT2D eigenvalue weighted by molar-refractivity contribution is -0.147. The predicted octanol–water partition coefficient (Wildman–Crippen LogP) is 3.66. The molecule has 0 saturated carbocycles. The zero-order valence-electron chi connectivity index (χ0n) is 17.1. The van der Waals surface area contributed by atoms with Crippen LogP contribution in [0.4, 0.5) is 0 Å². The Morgan fingerprint density at radius 1 is 1.20 bits per heavy atom. The minimum Gasteiger partial charge on any atom is -0.507 e. The summed E-state index contributed by atoms with van der Waals surface area (Å²) in [4.78, 5) is 5.58. The van der Waals surface area contributed by atoms with Gasteiger partial charge < -0.3 is 28.9 Å². The number of ether oxygens (including phenoxy) is 4. The SMILES string of the molecule is C=C(C)[C@H]1Cc2c(ccc(C3=NOC4OCc5cc(OC)c(OC)cc5C34)c2O)O1. The van der Waals surface area contributed by atoms with Crippen LogP contribution in [-0.4, -0.2) is 37.4 Å². The average molecular weight is 409 g/mol. The fraction of sp³-hybridized carbons (Fsp3) is 0.348. The van der Waals surface area contributed by atoms with Crippen molar-refractivity contribution in [2.24, 2.45) is 5.16 Å². The number of hydrogen-bond donors (Lipinski definition) is 1. The molecule has 2 aromatic carbocycles. The molecule has 0 saturated heterocycles. The summed E-state index contributed by atoms with van der Waals surface area (Å²) in [5.74, 6) is 1.80.